The van der Waals surface area contributed by atoms with Crippen LogP contribution in [0, 0.1) is 0 Å². The Kier molecular flexibility index (Phi) is 5.03. The summed E-state index contributed by atoms with van der Waals surface area (Å²) in [5.74, 6) is 0. The topological polar surface area (TPSA) is 3.24 Å². The van der Waals surface area contributed by atoms with Crippen molar-refractivity contribution in [3.05, 3.63) is 180 Å². The number of rotatable bonds is 3. The van der Waals surface area contributed by atoms with Gasteiger partial charge in [0.05, 0.1) is 5.54 Å². The highest BCUT2D eigenvalue weighted by atomic mass is 15.3. The zero-order valence-electron chi connectivity index (χ0n) is 24.9. The van der Waals surface area contributed by atoms with Gasteiger partial charge in [-0.2, -0.15) is 0 Å². The fourth-order valence-corrected chi connectivity index (χ4v) is 8.70. The summed E-state index contributed by atoms with van der Waals surface area (Å²) < 4.78 is 0. The molecule has 0 bridgehead atoms. The molecule has 1 heterocycles. The van der Waals surface area contributed by atoms with Crippen molar-refractivity contribution in [2.75, 3.05) is 4.90 Å². The van der Waals surface area contributed by atoms with E-state index in [1.165, 1.54) is 71.9 Å². The average molecular weight is 574 g/mol. The second kappa shape index (κ2) is 9.06. The maximum Gasteiger partial charge on any atom is 0.0782 e. The molecule has 1 saturated carbocycles. The van der Waals surface area contributed by atoms with Crippen LogP contribution in [0.5, 0.6) is 0 Å². The Bertz CT molecular complexity index is 2340. The molecule has 2 atom stereocenters. The lowest BCUT2D eigenvalue weighted by atomic mass is 9.86. The van der Waals surface area contributed by atoms with E-state index in [1.54, 1.807) is 0 Å². The smallest absolute Gasteiger partial charge is 0.0782 e. The van der Waals surface area contributed by atoms with Crippen LogP contribution in [0.4, 0.5) is 11.4 Å². The van der Waals surface area contributed by atoms with Gasteiger partial charge in [0.2, 0.25) is 0 Å². The van der Waals surface area contributed by atoms with Crippen LogP contribution in [0.1, 0.15) is 28.7 Å². The zero-order valence-corrected chi connectivity index (χ0v) is 24.9. The Morgan fingerprint density at radius 3 is 2.13 bits per heavy atom. The first kappa shape index (κ1) is 25.0. The van der Waals surface area contributed by atoms with Gasteiger partial charge in [-0.3, -0.25) is 0 Å². The molecule has 1 nitrogen and oxygen atoms in total. The van der Waals surface area contributed by atoms with Crippen molar-refractivity contribution >= 4 is 44.6 Å². The van der Waals surface area contributed by atoms with E-state index in [-0.39, 0.29) is 11.0 Å². The fourth-order valence-electron chi connectivity index (χ4n) is 8.70. The Labute approximate surface area is 263 Å². The molecule has 0 N–H and O–H groups in total. The largest absolute Gasteiger partial charge is 0.330 e. The number of fused-ring (bicyclic) bond motifs is 7. The normalized spacial score (nSPS) is 22.0. The van der Waals surface area contributed by atoms with Crippen LogP contribution in [0.15, 0.2) is 158 Å². The van der Waals surface area contributed by atoms with Gasteiger partial charge in [-0.15, -0.1) is 0 Å². The standard InChI is InChI=1S/C44H31N/c1-2-14-32(15-3-1)45-42-24-23-31(28-41(42)43-25-10-11-26-44(43,45)29-43)34-17-5-4-16-33(34)30-13-12-22-39-37-20-7-6-18-35(37)36-19-8-9-21-38(36)40(39)27-30/h1-21,23-28H,22,29H2. The monoisotopic (exact) mass is 573 g/mol. The van der Waals surface area contributed by atoms with E-state index < -0.39 is 0 Å². The van der Waals surface area contributed by atoms with Gasteiger partial charge in [-0.1, -0.05) is 134 Å². The van der Waals surface area contributed by atoms with E-state index in [9.17, 15) is 0 Å². The maximum absolute atomic E-state index is 2.58. The molecular weight excluding hydrogens is 542 g/mol. The summed E-state index contributed by atoms with van der Waals surface area (Å²) in [5, 5.41) is 5.33. The highest BCUT2D eigenvalue weighted by Crippen LogP contribution is 2.73. The molecule has 212 valence electrons. The van der Waals surface area contributed by atoms with Gasteiger partial charge < -0.3 is 4.90 Å². The maximum atomic E-state index is 2.58. The number of hydrogen-bond donors (Lipinski definition) is 0. The van der Waals surface area contributed by atoms with Crippen molar-refractivity contribution < 1.29 is 0 Å². The quantitative estimate of drug-likeness (QED) is 0.190. The molecule has 6 aromatic carbocycles. The first-order valence-electron chi connectivity index (χ1n) is 16.0. The van der Waals surface area contributed by atoms with Crippen molar-refractivity contribution in [3.8, 4) is 11.1 Å². The van der Waals surface area contributed by atoms with E-state index in [2.05, 4.69) is 169 Å². The van der Waals surface area contributed by atoms with Gasteiger partial charge in [-0.05, 0) is 104 Å². The Morgan fingerprint density at radius 2 is 1.29 bits per heavy atom. The molecule has 3 aliphatic carbocycles. The second-order valence-electron chi connectivity index (χ2n) is 12.9. The van der Waals surface area contributed by atoms with E-state index in [1.807, 2.05) is 0 Å². The lowest BCUT2D eigenvalue weighted by molar-refractivity contribution is 0.740. The summed E-state index contributed by atoms with van der Waals surface area (Å²) in [6, 6.07) is 44.8. The van der Waals surface area contributed by atoms with Crippen molar-refractivity contribution in [1.29, 1.82) is 0 Å². The van der Waals surface area contributed by atoms with Crippen molar-refractivity contribution in [2.45, 2.75) is 23.8 Å². The number of allylic oxidation sites excluding steroid dienone is 5. The summed E-state index contributed by atoms with van der Waals surface area (Å²) in [4.78, 5) is 2.58. The van der Waals surface area contributed by atoms with Crippen molar-refractivity contribution in [3.63, 3.8) is 0 Å². The number of para-hydroxylation sites is 1. The third-order valence-electron chi connectivity index (χ3n) is 10.7. The van der Waals surface area contributed by atoms with Gasteiger partial charge in [-0.25, -0.2) is 0 Å². The third-order valence-corrected chi connectivity index (χ3v) is 10.7. The molecule has 0 amide bonds. The van der Waals surface area contributed by atoms with Crippen LogP contribution in [-0.2, 0) is 11.8 Å². The summed E-state index contributed by atoms with van der Waals surface area (Å²) in [7, 11) is 0. The first-order valence-corrected chi connectivity index (χ1v) is 16.0. The fraction of sp³-hybridized carbons (Fsp3) is 0.0909. The molecule has 0 saturated heterocycles. The molecule has 0 spiro atoms. The van der Waals surface area contributed by atoms with Crippen LogP contribution >= 0.6 is 0 Å². The second-order valence-corrected chi connectivity index (χ2v) is 12.9. The minimum atomic E-state index is -0.0102. The molecule has 0 aromatic heterocycles. The van der Waals surface area contributed by atoms with Gasteiger partial charge in [0, 0.05) is 16.8 Å². The summed E-state index contributed by atoms with van der Waals surface area (Å²) in [6.07, 6.45) is 18.5. The van der Waals surface area contributed by atoms with E-state index >= 15 is 0 Å². The van der Waals surface area contributed by atoms with Crippen LogP contribution in [0.2, 0.25) is 0 Å². The Hall–Kier alpha value is -5.40. The van der Waals surface area contributed by atoms with E-state index in [0.717, 1.165) is 12.8 Å². The summed E-state index contributed by atoms with van der Waals surface area (Å²) in [6.45, 7) is 0. The highest BCUT2D eigenvalue weighted by Gasteiger charge is 2.74. The van der Waals surface area contributed by atoms with Crippen LogP contribution < -0.4 is 4.90 Å². The molecule has 1 heteroatoms. The molecule has 4 aliphatic rings. The van der Waals surface area contributed by atoms with Gasteiger partial charge in [0.25, 0.3) is 0 Å². The predicted octanol–water partition coefficient (Wildman–Crippen LogP) is 11.0. The Balaban J connectivity index is 1.15. The minimum Gasteiger partial charge on any atom is -0.330 e. The third kappa shape index (κ3) is 3.33. The Morgan fingerprint density at radius 1 is 0.600 bits per heavy atom. The average Bonchev–Trinajstić information content (AvgIpc) is 3.79. The molecule has 1 aliphatic heterocycles. The van der Waals surface area contributed by atoms with Gasteiger partial charge in [0.1, 0.15) is 0 Å². The summed E-state index contributed by atoms with van der Waals surface area (Å²) >= 11 is 0. The lowest BCUT2D eigenvalue weighted by Crippen LogP contribution is -2.33. The number of hydrogen-bond acceptors (Lipinski definition) is 1. The minimum absolute atomic E-state index is 0.0102. The van der Waals surface area contributed by atoms with Gasteiger partial charge >= 0.3 is 0 Å². The summed E-state index contributed by atoms with van der Waals surface area (Å²) in [5.41, 5.74) is 11.9. The predicted molar refractivity (Wildman–Crippen MR) is 190 cm³/mol. The van der Waals surface area contributed by atoms with E-state index in [0.29, 0.717) is 0 Å². The molecule has 0 radical (unpaired) electrons. The van der Waals surface area contributed by atoms with Gasteiger partial charge in [0.15, 0.2) is 0 Å². The number of anilines is 2. The molecule has 6 aromatic rings. The van der Waals surface area contributed by atoms with Crippen LogP contribution in [0.25, 0.3) is 44.3 Å². The number of benzene rings is 6. The highest BCUT2D eigenvalue weighted by molar-refractivity contribution is 6.14. The SMILES string of the molecule is C1=CC23CC2(C=C1)N(c1ccccc1)c1ccc(-c2ccccc2C2=Cc4c(c5ccccc5c5ccccc45)CC=C2)cc13. The molecule has 2 unspecified atom stereocenters. The van der Waals surface area contributed by atoms with E-state index in [4.69, 9.17) is 0 Å². The van der Waals surface area contributed by atoms with Crippen molar-refractivity contribution in [1.82, 2.24) is 0 Å². The molecule has 45 heavy (non-hydrogen) atoms. The lowest BCUT2D eigenvalue weighted by Gasteiger charge is -2.30. The molecular formula is C44H31N. The molecule has 10 rings (SSSR count). The zero-order chi connectivity index (χ0) is 29.6. The van der Waals surface area contributed by atoms with Crippen molar-refractivity contribution in [2.24, 2.45) is 0 Å². The number of nitrogens with zero attached hydrogens (tertiary/aromatic N) is 1. The first-order chi connectivity index (χ1) is 22.3. The van der Waals surface area contributed by atoms with Crippen LogP contribution in [0.3, 0.4) is 0 Å². The molecule has 1 fully saturated rings. The van der Waals surface area contributed by atoms with Crippen LogP contribution in [-0.4, -0.2) is 5.54 Å².